The molecule has 0 atom stereocenters. The molecule has 2 aromatic carbocycles. The molecule has 0 saturated heterocycles. The molecule has 7 nitrogen and oxygen atoms in total. The van der Waals surface area contributed by atoms with Crippen LogP contribution in [-0.4, -0.2) is 35.2 Å². The molecule has 0 radical (unpaired) electrons. The zero-order chi connectivity index (χ0) is 21.4. The van der Waals surface area contributed by atoms with Gasteiger partial charge in [-0.25, -0.2) is 9.69 Å². The molecule has 0 saturated carbocycles. The van der Waals surface area contributed by atoms with Gasteiger partial charge in [0, 0.05) is 6.20 Å². The number of aryl methyl sites for hydroxylation is 2. The molecule has 0 fully saturated rings. The standard InChI is InChI=1S/C23H18N2O5/c1-13-5-6-14(2)19(10-13)25-21(27)16-8-7-15(11-17(16)22(25)28)23(29)30-12-20(26)18-4-3-9-24-18/h3-11,24H,12H2,1-2H3. The van der Waals surface area contributed by atoms with Crippen molar-refractivity contribution >= 4 is 29.3 Å². The molecule has 0 unspecified atom stereocenters. The topological polar surface area (TPSA) is 96.5 Å². The number of nitrogens with zero attached hydrogens (tertiary/aromatic N) is 1. The van der Waals surface area contributed by atoms with Crippen LogP contribution in [0.3, 0.4) is 0 Å². The number of Topliss-reactive ketones (excluding diaryl/α,β-unsaturated/α-hetero) is 1. The van der Waals surface area contributed by atoms with Crippen molar-refractivity contribution in [2.24, 2.45) is 0 Å². The van der Waals surface area contributed by atoms with Gasteiger partial charge in [-0.15, -0.1) is 0 Å². The molecule has 0 bridgehead atoms. The van der Waals surface area contributed by atoms with E-state index in [4.69, 9.17) is 4.74 Å². The lowest BCUT2D eigenvalue weighted by molar-refractivity contribution is 0.0473. The number of hydrogen-bond donors (Lipinski definition) is 1. The van der Waals surface area contributed by atoms with Crippen molar-refractivity contribution in [1.29, 1.82) is 0 Å². The Labute approximate surface area is 172 Å². The maximum atomic E-state index is 13.0. The van der Waals surface area contributed by atoms with Crippen LogP contribution >= 0.6 is 0 Å². The van der Waals surface area contributed by atoms with Crippen LogP contribution in [0.5, 0.6) is 0 Å². The van der Waals surface area contributed by atoms with Crippen molar-refractivity contribution in [2.45, 2.75) is 13.8 Å². The third-order valence-electron chi connectivity index (χ3n) is 4.96. The predicted molar refractivity (Wildman–Crippen MR) is 109 cm³/mol. The molecule has 1 aliphatic rings. The zero-order valence-electron chi connectivity index (χ0n) is 16.4. The Kier molecular flexibility index (Phi) is 4.79. The Balaban J connectivity index is 1.56. The van der Waals surface area contributed by atoms with E-state index in [0.717, 1.165) is 16.0 Å². The summed E-state index contributed by atoms with van der Waals surface area (Å²) in [6.45, 7) is 3.27. The average molecular weight is 402 g/mol. The van der Waals surface area contributed by atoms with E-state index in [1.807, 2.05) is 26.0 Å². The van der Waals surface area contributed by atoms with Crippen LogP contribution in [0.4, 0.5) is 5.69 Å². The number of carbonyl (C=O) groups is 4. The first-order valence-corrected chi connectivity index (χ1v) is 9.30. The van der Waals surface area contributed by atoms with E-state index in [1.54, 1.807) is 24.4 Å². The van der Waals surface area contributed by atoms with E-state index in [-0.39, 0.29) is 22.5 Å². The van der Waals surface area contributed by atoms with Gasteiger partial charge in [-0.3, -0.25) is 14.4 Å². The fraction of sp³-hybridized carbons (Fsp3) is 0.130. The number of benzene rings is 2. The normalized spacial score (nSPS) is 12.8. The van der Waals surface area contributed by atoms with Crippen LogP contribution in [-0.2, 0) is 4.74 Å². The molecule has 7 heteroatoms. The van der Waals surface area contributed by atoms with Gasteiger partial charge in [-0.2, -0.15) is 0 Å². The van der Waals surface area contributed by atoms with Crippen molar-refractivity contribution in [1.82, 2.24) is 4.98 Å². The number of rotatable bonds is 5. The molecule has 0 aliphatic carbocycles. The number of carbonyl (C=O) groups excluding carboxylic acids is 4. The molecule has 3 aromatic rings. The lowest BCUT2D eigenvalue weighted by Crippen LogP contribution is -2.30. The van der Waals surface area contributed by atoms with Crippen molar-refractivity contribution < 1.29 is 23.9 Å². The Morgan fingerprint density at radius 3 is 2.47 bits per heavy atom. The Bertz CT molecular complexity index is 1190. The van der Waals surface area contributed by atoms with E-state index >= 15 is 0 Å². The molecule has 150 valence electrons. The van der Waals surface area contributed by atoms with E-state index in [2.05, 4.69) is 4.98 Å². The maximum Gasteiger partial charge on any atom is 0.338 e. The van der Waals surface area contributed by atoms with Gasteiger partial charge < -0.3 is 9.72 Å². The van der Waals surface area contributed by atoms with Gasteiger partial charge in [0.25, 0.3) is 11.8 Å². The highest BCUT2D eigenvalue weighted by molar-refractivity contribution is 6.35. The summed E-state index contributed by atoms with van der Waals surface area (Å²) in [5.74, 6) is -2.06. The quantitative estimate of drug-likeness (QED) is 0.400. The van der Waals surface area contributed by atoms with Crippen molar-refractivity contribution in [2.75, 3.05) is 11.5 Å². The third kappa shape index (κ3) is 3.30. The predicted octanol–water partition coefficient (Wildman–Crippen LogP) is 3.47. The van der Waals surface area contributed by atoms with Crippen molar-refractivity contribution in [3.05, 3.63) is 88.2 Å². The molecule has 2 amide bonds. The van der Waals surface area contributed by atoms with Gasteiger partial charge >= 0.3 is 5.97 Å². The van der Waals surface area contributed by atoms with Crippen LogP contribution < -0.4 is 4.90 Å². The minimum atomic E-state index is -0.747. The molecule has 1 N–H and O–H groups in total. The Hall–Kier alpha value is -4.00. The van der Waals surface area contributed by atoms with Gasteiger partial charge in [0.05, 0.1) is 28.1 Å². The molecule has 0 spiro atoms. The molecule has 2 heterocycles. The lowest BCUT2D eigenvalue weighted by Gasteiger charge is -2.17. The number of hydrogen-bond acceptors (Lipinski definition) is 5. The SMILES string of the molecule is Cc1ccc(C)c(N2C(=O)c3ccc(C(=O)OCC(=O)c4ccc[nH]4)cc3C2=O)c1. The molecule has 30 heavy (non-hydrogen) atoms. The average Bonchev–Trinajstić information content (AvgIpc) is 3.36. The molecular formula is C23H18N2O5. The van der Waals surface area contributed by atoms with E-state index in [0.29, 0.717) is 11.4 Å². The number of nitrogens with one attached hydrogen (secondary N) is 1. The summed E-state index contributed by atoms with van der Waals surface area (Å²) in [4.78, 5) is 54.0. The lowest BCUT2D eigenvalue weighted by atomic mass is 10.1. The smallest absolute Gasteiger partial charge is 0.338 e. The first-order chi connectivity index (χ1) is 14.4. The van der Waals surface area contributed by atoms with Gasteiger partial charge in [0.15, 0.2) is 6.61 Å². The van der Waals surface area contributed by atoms with Crippen LogP contribution in [0, 0.1) is 13.8 Å². The highest BCUT2D eigenvalue weighted by atomic mass is 16.5. The number of anilines is 1. The zero-order valence-corrected chi connectivity index (χ0v) is 16.4. The van der Waals surface area contributed by atoms with Crippen LogP contribution in [0.1, 0.15) is 52.7 Å². The fourth-order valence-corrected chi connectivity index (χ4v) is 3.34. The maximum absolute atomic E-state index is 13.0. The van der Waals surface area contributed by atoms with E-state index in [9.17, 15) is 19.2 Å². The van der Waals surface area contributed by atoms with Crippen molar-refractivity contribution in [3.63, 3.8) is 0 Å². The summed E-state index contributed by atoms with van der Waals surface area (Å²) in [5, 5.41) is 0. The minimum absolute atomic E-state index is 0.0944. The summed E-state index contributed by atoms with van der Waals surface area (Å²) in [7, 11) is 0. The van der Waals surface area contributed by atoms with Gasteiger partial charge in [0.2, 0.25) is 5.78 Å². The van der Waals surface area contributed by atoms with Gasteiger partial charge in [-0.05, 0) is 61.4 Å². The third-order valence-corrected chi connectivity index (χ3v) is 4.96. The van der Waals surface area contributed by atoms with Crippen molar-refractivity contribution in [3.8, 4) is 0 Å². The number of amides is 2. The number of ether oxygens (including phenoxy) is 1. The summed E-state index contributed by atoms with van der Waals surface area (Å²) in [6, 6.07) is 13.0. The number of aromatic nitrogens is 1. The molecule has 4 rings (SSSR count). The van der Waals surface area contributed by atoms with Crippen LogP contribution in [0.25, 0.3) is 0 Å². The summed E-state index contributed by atoms with van der Waals surface area (Å²) in [6.07, 6.45) is 1.60. The number of esters is 1. The first kappa shape index (κ1) is 19.3. The van der Waals surface area contributed by atoms with Crippen LogP contribution in [0.15, 0.2) is 54.7 Å². The number of imide groups is 1. The Morgan fingerprint density at radius 1 is 0.967 bits per heavy atom. The summed E-state index contributed by atoms with van der Waals surface area (Å²) >= 11 is 0. The minimum Gasteiger partial charge on any atom is -0.454 e. The highest BCUT2D eigenvalue weighted by Gasteiger charge is 2.38. The number of fused-ring (bicyclic) bond motifs is 1. The van der Waals surface area contributed by atoms with Gasteiger partial charge in [-0.1, -0.05) is 12.1 Å². The first-order valence-electron chi connectivity index (χ1n) is 9.30. The summed E-state index contributed by atoms with van der Waals surface area (Å²) in [5.41, 5.74) is 3.01. The molecule has 1 aliphatic heterocycles. The van der Waals surface area contributed by atoms with Gasteiger partial charge in [0.1, 0.15) is 0 Å². The van der Waals surface area contributed by atoms with E-state index < -0.39 is 24.4 Å². The number of ketones is 1. The monoisotopic (exact) mass is 402 g/mol. The highest BCUT2D eigenvalue weighted by Crippen LogP contribution is 2.31. The second-order valence-corrected chi connectivity index (χ2v) is 7.08. The largest absolute Gasteiger partial charge is 0.454 e. The molecule has 1 aromatic heterocycles. The Morgan fingerprint density at radius 2 is 1.73 bits per heavy atom. The van der Waals surface area contributed by atoms with Crippen LogP contribution in [0.2, 0.25) is 0 Å². The number of aromatic amines is 1. The summed E-state index contributed by atoms with van der Waals surface area (Å²) < 4.78 is 5.06. The fourth-order valence-electron chi connectivity index (χ4n) is 3.34. The second-order valence-electron chi connectivity index (χ2n) is 7.08. The molecular weight excluding hydrogens is 384 g/mol. The number of H-pyrrole nitrogens is 1. The van der Waals surface area contributed by atoms with E-state index in [1.165, 1.54) is 18.2 Å². The second kappa shape index (κ2) is 7.44.